The van der Waals surface area contributed by atoms with Crippen LogP contribution in [0, 0.1) is 6.92 Å². The van der Waals surface area contributed by atoms with E-state index in [4.69, 9.17) is 19.8 Å². The summed E-state index contributed by atoms with van der Waals surface area (Å²) in [5.41, 5.74) is 7.84. The Balaban J connectivity index is 1.28. The van der Waals surface area contributed by atoms with E-state index in [-0.39, 0.29) is 11.8 Å². The van der Waals surface area contributed by atoms with Crippen LogP contribution < -0.4 is 16.0 Å². The normalized spacial score (nSPS) is 16.8. The van der Waals surface area contributed by atoms with Crippen molar-refractivity contribution in [3.63, 3.8) is 0 Å². The molecule has 0 bridgehead atoms. The van der Waals surface area contributed by atoms with Crippen LogP contribution in [0.2, 0.25) is 0 Å². The number of aromatic amines is 1. The van der Waals surface area contributed by atoms with Crippen molar-refractivity contribution in [3.05, 3.63) is 77.5 Å². The van der Waals surface area contributed by atoms with Gasteiger partial charge in [-0.3, -0.25) is 4.79 Å². The molecule has 48 heavy (non-hydrogen) atoms. The van der Waals surface area contributed by atoms with Crippen LogP contribution in [0.15, 0.2) is 60.8 Å². The highest BCUT2D eigenvalue weighted by molar-refractivity contribution is 6.06. The van der Waals surface area contributed by atoms with Gasteiger partial charge in [0.2, 0.25) is 17.8 Å². The van der Waals surface area contributed by atoms with Gasteiger partial charge in [-0.1, -0.05) is 50.3 Å². The number of fused-ring (bicyclic) bond motifs is 2. The summed E-state index contributed by atoms with van der Waals surface area (Å²) in [6.07, 6.45) is 9.73. The first-order valence-electron chi connectivity index (χ1n) is 16.8. The lowest BCUT2D eigenvalue weighted by Gasteiger charge is -2.28. The number of ether oxygens (including phenoxy) is 1. The summed E-state index contributed by atoms with van der Waals surface area (Å²) in [5.74, 6) is 1.36. The van der Waals surface area contributed by atoms with E-state index in [0.717, 1.165) is 75.9 Å². The number of aryl methyl sites for hydroxylation is 1. The summed E-state index contributed by atoms with van der Waals surface area (Å²) in [4.78, 5) is 28.1. The third kappa shape index (κ3) is 7.37. The van der Waals surface area contributed by atoms with Gasteiger partial charge in [-0.15, -0.1) is 0 Å². The zero-order chi connectivity index (χ0) is 33.8. The molecule has 2 aromatic carbocycles. The highest BCUT2D eigenvalue weighted by Gasteiger charge is 2.23. The number of carbonyl (C=O) groups is 1. The van der Waals surface area contributed by atoms with Crippen LogP contribution in [0.3, 0.4) is 0 Å². The van der Waals surface area contributed by atoms with Crippen molar-refractivity contribution in [1.82, 2.24) is 29.5 Å². The van der Waals surface area contributed by atoms with Crippen LogP contribution in [-0.4, -0.2) is 75.3 Å². The Bertz CT molecular complexity index is 1920. The maximum Gasteiger partial charge on any atom is 0.248 e. The van der Waals surface area contributed by atoms with Gasteiger partial charge in [0.25, 0.3) is 0 Å². The lowest BCUT2D eigenvalue weighted by Crippen LogP contribution is -2.30. The maximum absolute atomic E-state index is 12.7. The molecule has 0 spiro atoms. The number of hydrogen-bond acceptors (Lipinski definition) is 8. The number of rotatable bonds is 12. The summed E-state index contributed by atoms with van der Waals surface area (Å²) in [5, 5.41) is 16.0. The molecule has 5 aromatic rings. The van der Waals surface area contributed by atoms with Crippen molar-refractivity contribution in [3.8, 4) is 11.3 Å². The molecule has 1 saturated carbocycles. The smallest absolute Gasteiger partial charge is 0.248 e. The fourth-order valence-corrected chi connectivity index (χ4v) is 6.41. The number of likely N-dealkylation sites (N-methyl/N-ethyl adjacent to an activating group) is 1. The van der Waals surface area contributed by atoms with E-state index >= 15 is 0 Å². The number of H-pyrrole nitrogens is 1. The number of methoxy groups -OCH3 is 1. The van der Waals surface area contributed by atoms with Crippen molar-refractivity contribution in [1.29, 1.82) is 0 Å². The Morgan fingerprint density at radius 2 is 1.92 bits per heavy atom. The predicted molar refractivity (Wildman–Crippen MR) is 194 cm³/mol. The van der Waals surface area contributed by atoms with Crippen molar-refractivity contribution in [2.75, 3.05) is 43.7 Å². The number of nitrogens with one attached hydrogen (secondary N) is 4. The number of anilines is 3. The number of para-hydroxylation sites is 1. The maximum atomic E-state index is 12.7. The molecule has 1 aliphatic carbocycles. The largest absolute Gasteiger partial charge is 0.381 e. The topological polar surface area (TPSA) is 124 Å². The molecule has 252 valence electrons. The number of nitrogens with zero attached hydrogens (tertiary/aromatic N) is 5. The van der Waals surface area contributed by atoms with Gasteiger partial charge in [0, 0.05) is 54.5 Å². The Kier molecular flexibility index (Phi) is 10.1. The number of aromatic nitrogens is 5. The molecule has 0 unspecified atom stereocenters. The molecular weight excluding hydrogens is 602 g/mol. The van der Waals surface area contributed by atoms with Crippen LogP contribution in [-0.2, 0) is 16.1 Å². The molecule has 1 fully saturated rings. The molecule has 1 aliphatic rings. The molecular formula is C37H47N9O2. The third-order valence-corrected chi connectivity index (χ3v) is 9.14. The number of amides is 1. The summed E-state index contributed by atoms with van der Waals surface area (Å²) in [6.45, 7) is 7.66. The molecule has 3 aromatic heterocycles. The monoisotopic (exact) mass is 649 g/mol. The van der Waals surface area contributed by atoms with Gasteiger partial charge in [-0.25, -0.2) is 0 Å². The zero-order valence-electron chi connectivity index (χ0n) is 28.8. The average molecular weight is 650 g/mol. The molecule has 0 aliphatic heterocycles. The number of benzene rings is 2. The second-order valence-electron chi connectivity index (χ2n) is 13.3. The van der Waals surface area contributed by atoms with Gasteiger partial charge >= 0.3 is 0 Å². The molecule has 4 N–H and O–H groups in total. The van der Waals surface area contributed by atoms with Crippen LogP contribution in [0.25, 0.3) is 27.8 Å². The summed E-state index contributed by atoms with van der Waals surface area (Å²) in [7, 11) is 5.73. The van der Waals surface area contributed by atoms with Crippen molar-refractivity contribution >= 4 is 40.0 Å². The zero-order valence-corrected chi connectivity index (χ0v) is 28.8. The predicted octanol–water partition coefficient (Wildman–Crippen LogP) is 6.74. The van der Waals surface area contributed by atoms with E-state index in [9.17, 15) is 4.79 Å². The highest BCUT2D eigenvalue weighted by atomic mass is 16.5. The molecule has 6 rings (SSSR count). The van der Waals surface area contributed by atoms with E-state index in [0.29, 0.717) is 37.1 Å². The second kappa shape index (κ2) is 14.6. The van der Waals surface area contributed by atoms with Crippen LogP contribution in [0.1, 0.15) is 62.1 Å². The van der Waals surface area contributed by atoms with Gasteiger partial charge in [0.05, 0.1) is 23.5 Å². The highest BCUT2D eigenvalue weighted by Crippen LogP contribution is 2.33. The first-order valence-corrected chi connectivity index (χ1v) is 16.8. The van der Waals surface area contributed by atoms with Gasteiger partial charge < -0.3 is 30.6 Å². The van der Waals surface area contributed by atoms with Gasteiger partial charge in [0.1, 0.15) is 0 Å². The Hall–Kier alpha value is -4.74. The van der Waals surface area contributed by atoms with Gasteiger partial charge in [-0.2, -0.15) is 19.6 Å². The molecule has 0 atom stereocenters. The minimum Gasteiger partial charge on any atom is -0.381 e. The van der Waals surface area contributed by atoms with Gasteiger partial charge in [0.15, 0.2) is 5.65 Å². The van der Waals surface area contributed by atoms with E-state index in [1.807, 2.05) is 47.9 Å². The molecule has 0 radical (unpaired) electrons. The summed E-state index contributed by atoms with van der Waals surface area (Å²) in [6, 6.07) is 14.7. The lowest BCUT2D eigenvalue weighted by molar-refractivity contribution is -0.111. The minimum atomic E-state index is -0.159. The van der Waals surface area contributed by atoms with Crippen molar-refractivity contribution < 1.29 is 9.53 Å². The Labute approximate surface area is 282 Å². The summed E-state index contributed by atoms with van der Waals surface area (Å²) >= 11 is 0. The number of carbonyl (C=O) groups excluding carboxylic acids is 1. The van der Waals surface area contributed by atoms with Crippen LogP contribution >= 0.6 is 0 Å². The van der Waals surface area contributed by atoms with E-state index in [1.54, 1.807) is 13.2 Å². The molecule has 0 saturated heterocycles. The standard InChI is InChI=1S/C37H47N9O2/c1-23(2)29-22-39-46-35(29)43-36(40-26-15-17-27(48-6)18-16-26)44-37(46)38-21-30-24(3)10-7-12-28(30)32-20-25-11-8-13-31(34(25)42-32)41-33(47)14-9-19-45(4)5/h7-14,20,22-23,26-27,42H,15-19,21H2,1-6H3,(H,41,47)(H2,38,40,43,44)/b14-9+/t26-,27-. The van der Waals surface area contributed by atoms with Gasteiger partial charge in [-0.05, 0) is 75.9 Å². The van der Waals surface area contributed by atoms with Crippen molar-refractivity contribution in [2.24, 2.45) is 0 Å². The SMILES string of the molecule is CO[C@H]1CC[C@H](Nc2nc(NCc3c(C)cccc3-c3cc4cccc(NC(=O)/C=C/CN(C)C)c4[nH]3)n3ncc(C(C)C)c3n2)CC1. The van der Waals surface area contributed by atoms with E-state index in [2.05, 4.69) is 72.0 Å². The fraction of sp³-hybridized carbons (Fsp3) is 0.405. The Morgan fingerprint density at radius 1 is 1.12 bits per heavy atom. The quantitative estimate of drug-likeness (QED) is 0.110. The Morgan fingerprint density at radius 3 is 2.67 bits per heavy atom. The second-order valence-corrected chi connectivity index (χ2v) is 13.3. The number of hydrogen-bond donors (Lipinski definition) is 4. The minimum absolute atomic E-state index is 0.159. The first-order chi connectivity index (χ1) is 23.2. The lowest BCUT2D eigenvalue weighted by atomic mass is 9.93. The van der Waals surface area contributed by atoms with Crippen molar-refractivity contribution in [2.45, 2.75) is 71.1 Å². The first kappa shape index (κ1) is 33.2. The molecule has 11 nitrogen and oxygen atoms in total. The summed E-state index contributed by atoms with van der Waals surface area (Å²) < 4.78 is 7.39. The van der Waals surface area contributed by atoms with Crippen LogP contribution in [0.4, 0.5) is 17.6 Å². The fourth-order valence-electron chi connectivity index (χ4n) is 6.41. The van der Waals surface area contributed by atoms with E-state index < -0.39 is 0 Å². The average Bonchev–Trinajstić information content (AvgIpc) is 3.70. The third-order valence-electron chi connectivity index (χ3n) is 9.14. The van der Waals surface area contributed by atoms with Crippen LogP contribution in [0.5, 0.6) is 0 Å². The molecule has 11 heteroatoms. The molecule has 1 amide bonds. The molecule has 3 heterocycles. The van der Waals surface area contributed by atoms with E-state index in [1.165, 1.54) is 0 Å².